The van der Waals surface area contributed by atoms with Crippen molar-refractivity contribution >= 4 is 5.91 Å². The molecule has 1 atom stereocenters. The molecule has 2 saturated heterocycles. The van der Waals surface area contributed by atoms with Crippen molar-refractivity contribution in [2.24, 2.45) is 5.92 Å². The first-order chi connectivity index (χ1) is 13.2. The zero-order valence-corrected chi connectivity index (χ0v) is 16.9. The van der Waals surface area contributed by atoms with Crippen LogP contribution in [0.25, 0.3) is 0 Å². The summed E-state index contributed by atoms with van der Waals surface area (Å²) < 4.78 is 11.1. The van der Waals surface area contributed by atoms with Crippen molar-refractivity contribution < 1.29 is 14.3 Å². The van der Waals surface area contributed by atoms with Crippen LogP contribution in [0.3, 0.4) is 0 Å². The molecule has 0 N–H and O–H groups in total. The Morgan fingerprint density at radius 1 is 1.22 bits per heavy atom. The van der Waals surface area contributed by atoms with Gasteiger partial charge in [0, 0.05) is 26.7 Å². The summed E-state index contributed by atoms with van der Waals surface area (Å²) in [5.41, 5.74) is 1.28. The second-order valence-corrected chi connectivity index (χ2v) is 7.92. The maximum Gasteiger partial charge on any atom is 0.251 e. The quantitative estimate of drug-likeness (QED) is 0.736. The maximum absolute atomic E-state index is 12.5. The summed E-state index contributed by atoms with van der Waals surface area (Å²) in [5.74, 6) is 1.76. The monoisotopic (exact) mass is 374 g/mol. The van der Waals surface area contributed by atoms with Gasteiger partial charge in [0.1, 0.15) is 11.9 Å². The van der Waals surface area contributed by atoms with Crippen LogP contribution in [-0.4, -0.2) is 68.8 Å². The van der Waals surface area contributed by atoms with Gasteiger partial charge in [0.25, 0.3) is 5.91 Å². The number of hydrogen-bond donors (Lipinski definition) is 0. The highest BCUT2D eigenvalue weighted by Gasteiger charge is 2.27. The number of benzene rings is 1. The zero-order valence-electron chi connectivity index (χ0n) is 16.9. The van der Waals surface area contributed by atoms with E-state index in [-0.39, 0.29) is 12.0 Å². The molecule has 1 aromatic rings. The van der Waals surface area contributed by atoms with E-state index in [1.165, 1.54) is 5.56 Å². The van der Waals surface area contributed by atoms with Gasteiger partial charge >= 0.3 is 0 Å². The third kappa shape index (κ3) is 5.69. The lowest BCUT2D eigenvalue weighted by atomic mass is 9.95. The number of para-hydroxylation sites is 1. The molecule has 0 saturated carbocycles. The minimum atomic E-state index is -0.204. The van der Waals surface area contributed by atoms with Gasteiger partial charge < -0.3 is 19.3 Å². The van der Waals surface area contributed by atoms with E-state index in [4.69, 9.17) is 9.47 Å². The Balaban J connectivity index is 1.39. The fourth-order valence-corrected chi connectivity index (χ4v) is 4.24. The number of likely N-dealkylation sites (N-methyl/N-ethyl adjacent to an activating group) is 1. The molecule has 0 unspecified atom stereocenters. The molecule has 0 aromatic heterocycles. The van der Waals surface area contributed by atoms with Gasteiger partial charge in [0.05, 0.1) is 7.11 Å². The lowest BCUT2D eigenvalue weighted by Crippen LogP contribution is -2.44. The molecule has 2 aliphatic heterocycles. The summed E-state index contributed by atoms with van der Waals surface area (Å²) in [5, 5.41) is 0. The van der Waals surface area contributed by atoms with E-state index in [2.05, 4.69) is 17.0 Å². The predicted molar refractivity (Wildman–Crippen MR) is 107 cm³/mol. The van der Waals surface area contributed by atoms with Gasteiger partial charge in [0.15, 0.2) is 0 Å². The van der Waals surface area contributed by atoms with Crippen molar-refractivity contribution in [2.75, 3.05) is 46.9 Å². The van der Waals surface area contributed by atoms with Gasteiger partial charge in [-0.15, -0.1) is 0 Å². The summed E-state index contributed by atoms with van der Waals surface area (Å²) in [4.78, 5) is 17.0. The average molecular weight is 375 g/mol. The van der Waals surface area contributed by atoms with E-state index in [1.807, 2.05) is 24.1 Å². The number of piperidine rings is 1. The molecule has 5 heteroatoms. The summed E-state index contributed by atoms with van der Waals surface area (Å²) in [6.45, 7) is 4.88. The van der Waals surface area contributed by atoms with E-state index in [0.717, 1.165) is 77.1 Å². The second kappa shape index (κ2) is 10.1. The molecule has 1 amide bonds. The number of carbonyl (C=O) groups is 1. The highest BCUT2D eigenvalue weighted by atomic mass is 16.5. The first-order valence-electron chi connectivity index (χ1n) is 10.4. The average Bonchev–Trinajstić information content (AvgIpc) is 2.73. The SMILES string of the molecule is COc1ccccc1CCN1CCC(CN(C)C(=O)[C@H]2CCCCO2)CC1. The van der Waals surface area contributed by atoms with Gasteiger partial charge in [-0.1, -0.05) is 18.2 Å². The number of ether oxygens (including phenoxy) is 2. The molecule has 2 aliphatic rings. The molecule has 27 heavy (non-hydrogen) atoms. The molecule has 2 fully saturated rings. The number of hydrogen-bond acceptors (Lipinski definition) is 4. The molecule has 150 valence electrons. The van der Waals surface area contributed by atoms with Crippen LogP contribution in [0.4, 0.5) is 0 Å². The number of likely N-dealkylation sites (tertiary alicyclic amines) is 1. The summed E-state index contributed by atoms with van der Waals surface area (Å²) >= 11 is 0. The Morgan fingerprint density at radius 2 is 2.00 bits per heavy atom. The minimum absolute atomic E-state index is 0.174. The standard InChI is InChI=1S/C22H34N2O3/c1-23(22(25)21-9-5-6-16-27-21)17-18-10-13-24(14-11-18)15-12-19-7-3-4-8-20(19)26-2/h3-4,7-8,18,21H,5-6,9-17H2,1-2H3/t21-/m1/s1. The highest BCUT2D eigenvalue weighted by molar-refractivity contribution is 5.80. The number of carbonyl (C=O) groups excluding carboxylic acids is 1. The molecule has 3 rings (SSSR count). The Bertz CT molecular complexity index is 593. The second-order valence-electron chi connectivity index (χ2n) is 7.92. The first-order valence-corrected chi connectivity index (χ1v) is 10.4. The topological polar surface area (TPSA) is 42.0 Å². The molecule has 0 aliphatic carbocycles. The van der Waals surface area contributed by atoms with E-state index < -0.39 is 0 Å². The van der Waals surface area contributed by atoms with Gasteiger partial charge in [-0.25, -0.2) is 0 Å². The van der Waals surface area contributed by atoms with Crippen LogP contribution in [0, 0.1) is 5.92 Å². The van der Waals surface area contributed by atoms with Gasteiger partial charge in [-0.2, -0.15) is 0 Å². The van der Waals surface area contributed by atoms with Crippen LogP contribution in [0.5, 0.6) is 5.75 Å². The van der Waals surface area contributed by atoms with Crippen LogP contribution in [0.2, 0.25) is 0 Å². The smallest absolute Gasteiger partial charge is 0.251 e. The fraction of sp³-hybridized carbons (Fsp3) is 0.682. The van der Waals surface area contributed by atoms with Crippen LogP contribution in [0.1, 0.15) is 37.7 Å². The van der Waals surface area contributed by atoms with E-state index in [1.54, 1.807) is 7.11 Å². The fourth-order valence-electron chi connectivity index (χ4n) is 4.24. The Morgan fingerprint density at radius 3 is 2.70 bits per heavy atom. The molecule has 0 spiro atoms. The number of rotatable bonds is 7. The van der Waals surface area contributed by atoms with Crippen LogP contribution in [0.15, 0.2) is 24.3 Å². The van der Waals surface area contributed by atoms with Crippen molar-refractivity contribution in [3.63, 3.8) is 0 Å². The van der Waals surface area contributed by atoms with Gasteiger partial charge in [-0.3, -0.25) is 4.79 Å². The van der Waals surface area contributed by atoms with E-state index in [0.29, 0.717) is 5.92 Å². The van der Waals surface area contributed by atoms with Crippen molar-refractivity contribution in [3.8, 4) is 5.75 Å². The lowest BCUT2D eigenvalue weighted by Gasteiger charge is -2.35. The van der Waals surface area contributed by atoms with Crippen LogP contribution in [-0.2, 0) is 16.0 Å². The van der Waals surface area contributed by atoms with Crippen LogP contribution >= 0.6 is 0 Å². The molecule has 5 nitrogen and oxygen atoms in total. The largest absolute Gasteiger partial charge is 0.496 e. The third-order valence-electron chi connectivity index (χ3n) is 5.96. The lowest BCUT2D eigenvalue weighted by molar-refractivity contribution is -0.145. The van der Waals surface area contributed by atoms with Crippen molar-refractivity contribution in [1.29, 1.82) is 0 Å². The van der Waals surface area contributed by atoms with Gasteiger partial charge in [-0.05, 0) is 69.2 Å². The Hall–Kier alpha value is -1.59. The van der Waals surface area contributed by atoms with Crippen molar-refractivity contribution in [1.82, 2.24) is 9.80 Å². The van der Waals surface area contributed by atoms with E-state index >= 15 is 0 Å². The maximum atomic E-state index is 12.5. The molecule has 1 aromatic carbocycles. The normalized spacial score (nSPS) is 21.8. The Kier molecular flexibility index (Phi) is 7.53. The molecule has 0 radical (unpaired) electrons. The minimum Gasteiger partial charge on any atom is -0.496 e. The molecule has 0 bridgehead atoms. The molecular weight excluding hydrogens is 340 g/mol. The third-order valence-corrected chi connectivity index (χ3v) is 5.96. The molecule has 2 heterocycles. The number of methoxy groups -OCH3 is 1. The summed E-state index contributed by atoms with van der Waals surface area (Å²) in [6.07, 6.45) is 6.21. The Labute approximate surface area is 163 Å². The predicted octanol–water partition coefficient (Wildman–Crippen LogP) is 2.98. The zero-order chi connectivity index (χ0) is 19.1. The van der Waals surface area contributed by atoms with Crippen molar-refractivity contribution in [3.05, 3.63) is 29.8 Å². The first kappa shape index (κ1) is 20.2. The van der Waals surface area contributed by atoms with Crippen molar-refractivity contribution in [2.45, 2.75) is 44.6 Å². The molecular formula is C22H34N2O3. The summed E-state index contributed by atoms with van der Waals surface area (Å²) in [6, 6.07) is 8.28. The van der Waals surface area contributed by atoms with Gasteiger partial charge in [0.2, 0.25) is 0 Å². The van der Waals surface area contributed by atoms with Crippen LogP contribution < -0.4 is 4.74 Å². The summed E-state index contributed by atoms with van der Waals surface area (Å²) in [7, 11) is 3.68. The number of nitrogens with zero attached hydrogens (tertiary/aromatic N) is 2. The van der Waals surface area contributed by atoms with E-state index in [9.17, 15) is 4.79 Å². The highest BCUT2D eigenvalue weighted by Crippen LogP contribution is 2.22. The number of amides is 1.